The number of methoxy groups -OCH3 is 1. The Bertz CT molecular complexity index is 441. The maximum atomic E-state index is 12.0. The van der Waals surface area contributed by atoms with E-state index in [1.165, 1.54) is 0 Å². The van der Waals surface area contributed by atoms with Gasteiger partial charge in [-0.15, -0.1) is 0 Å². The Morgan fingerprint density at radius 3 is 2.81 bits per heavy atom. The Morgan fingerprint density at radius 2 is 2.19 bits per heavy atom. The predicted octanol–water partition coefficient (Wildman–Crippen LogP) is 1.42. The first-order chi connectivity index (χ1) is 10.2. The average Bonchev–Trinajstić information content (AvgIpc) is 3.01. The van der Waals surface area contributed by atoms with Gasteiger partial charge in [-0.05, 0) is 30.5 Å². The summed E-state index contributed by atoms with van der Waals surface area (Å²) in [5, 5.41) is 3.18. The van der Waals surface area contributed by atoms with Crippen LogP contribution >= 0.6 is 0 Å². The van der Waals surface area contributed by atoms with Crippen LogP contribution in [0.25, 0.3) is 0 Å². The summed E-state index contributed by atoms with van der Waals surface area (Å²) in [5.41, 5.74) is 1.09. The van der Waals surface area contributed by atoms with Crippen LogP contribution in [0, 0.1) is 0 Å². The quantitative estimate of drug-likeness (QED) is 0.826. The highest BCUT2D eigenvalue weighted by Crippen LogP contribution is 2.13. The minimum atomic E-state index is 0.0869. The molecule has 1 amide bonds. The van der Waals surface area contributed by atoms with Gasteiger partial charge >= 0.3 is 0 Å². The first kappa shape index (κ1) is 15.8. The highest BCUT2D eigenvalue weighted by Gasteiger charge is 2.16. The Kier molecular flexibility index (Phi) is 6.02. The zero-order valence-electron chi connectivity index (χ0n) is 12.8. The lowest BCUT2D eigenvalue weighted by atomic mass is 10.2. The molecular weight excluding hydrogens is 268 g/mol. The zero-order valence-corrected chi connectivity index (χ0v) is 12.8. The van der Waals surface area contributed by atoms with Crippen molar-refractivity contribution in [3.05, 3.63) is 29.8 Å². The summed E-state index contributed by atoms with van der Waals surface area (Å²) in [7, 11) is 3.46. The fourth-order valence-electron chi connectivity index (χ4n) is 2.37. The first-order valence-corrected chi connectivity index (χ1v) is 7.38. The van der Waals surface area contributed by atoms with Gasteiger partial charge in [0.05, 0.1) is 19.8 Å². The van der Waals surface area contributed by atoms with Gasteiger partial charge in [-0.25, -0.2) is 0 Å². The Labute approximate surface area is 126 Å². The van der Waals surface area contributed by atoms with Crippen molar-refractivity contribution in [2.75, 3.05) is 33.9 Å². The van der Waals surface area contributed by atoms with E-state index < -0.39 is 0 Å². The Hall–Kier alpha value is -1.59. The van der Waals surface area contributed by atoms with Crippen molar-refractivity contribution in [2.45, 2.75) is 25.5 Å². The van der Waals surface area contributed by atoms with Gasteiger partial charge in [0.25, 0.3) is 0 Å². The van der Waals surface area contributed by atoms with Gasteiger partial charge < -0.3 is 19.7 Å². The Balaban J connectivity index is 1.70. The molecule has 1 fully saturated rings. The molecule has 0 bridgehead atoms. The third kappa shape index (κ3) is 5.02. The second kappa shape index (κ2) is 8.00. The van der Waals surface area contributed by atoms with E-state index >= 15 is 0 Å². The molecule has 2 rings (SSSR count). The molecule has 1 N–H and O–H groups in total. The number of amides is 1. The topological polar surface area (TPSA) is 50.8 Å². The summed E-state index contributed by atoms with van der Waals surface area (Å²) in [6.07, 6.45) is 2.48. The van der Waals surface area contributed by atoms with E-state index in [1.54, 1.807) is 12.0 Å². The SMILES string of the molecule is COc1ccc(CN(C)C(=O)CNCC2CCCO2)cc1. The lowest BCUT2D eigenvalue weighted by molar-refractivity contribution is -0.129. The van der Waals surface area contributed by atoms with Crippen molar-refractivity contribution in [2.24, 2.45) is 0 Å². The summed E-state index contributed by atoms with van der Waals surface area (Å²) in [6, 6.07) is 7.76. The van der Waals surface area contributed by atoms with E-state index in [2.05, 4.69) is 5.32 Å². The van der Waals surface area contributed by atoms with Crippen molar-refractivity contribution in [3.63, 3.8) is 0 Å². The minimum Gasteiger partial charge on any atom is -0.497 e. The van der Waals surface area contributed by atoms with Crippen molar-refractivity contribution >= 4 is 5.91 Å². The van der Waals surface area contributed by atoms with E-state index in [0.717, 1.165) is 37.3 Å². The van der Waals surface area contributed by atoms with Crippen molar-refractivity contribution in [1.29, 1.82) is 0 Å². The standard InChI is InChI=1S/C16H24N2O3/c1-18(12-13-5-7-14(20-2)8-6-13)16(19)11-17-10-15-4-3-9-21-15/h5-8,15,17H,3-4,9-12H2,1-2H3. The van der Waals surface area contributed by atoms with Crippen LogP contribution in [-0.2, 0) is 16.1 Å². The van der Waals surface area contributed by atoms with Crippen LogP contribution in [-0.4, -0.2) is 50.8 Å². The van der Waals surface area contributed by atoms with E-state index in [9.17, 15) is 4.79 Å². The van der Waals surface area contributed by atoms with Crippen molar-refractivity contribution < 1.29 is 14.3 Å². The molecular formula is C16H24N2O3. The second-order valence-corrected chi connectivity index (χ2v) is 5.36. The number of carbonyl (C=O) groups is 1. The van der Waals surface area contributed by atoms with Crippen LogP contribution in [0.4, 0.5) is 0 Å². The summed E-state index contributed by atoms with van der Waals surface area (Å²) in [5.74, 6) is 0.912. The van der Waals surface area contributed by atoms with E-state index in [0.29, 0.717) is 13.1 Å². The smallest absolute Gasteiger partial charge is 0.236 e. The number of hydrogen-bond acceptors (Lipinski definition) is 4. The molecule has 5 nitrogen and oxygen atoms in total. The number of likely N-dealkylation sites (N-methyl/N-ethyl adjacent to an activating group) is 1. The van der Waals surface area contributed by atoms with Crippen molar-refractivity contribution in [3.8, 4) is 5.75 Å². The monoisotopic (exact) mass is 292 g/mol. The van der Waals surface area contributed by atoms with Crippen LogP contribution in [0.15, 0.2) is 24.3 Å². The van der Waals surface area contributed by atoms with Crippen LogP contribution < -0.4 is 10.1 Å². The molecule has 1 heterocycles. The molecule has 0 saturated carbocycles. The molecule has 1 unspecified atom stereocenters. The number of ether oxygens (including phenoxy) is 2. The predicted molar refractivity (Wildman–Crippen MR) is 81.3 cm³/mol. The molecule has 0 aromatic heterocycles. The van der Waals surface area contributed by atoms with E-state index in [-0.39, 0.29) is 12.0 Å². The Morgan fingerprint density at radius 1 is 1.43 bits per heavy atom. The molecule has 21 heavy (non-hydrogen) atoms. The number of nitrogens with zero attached hydrogens (tertiary/aromatic N) is 1. The van der Waals surface area contributed by atoms with Crippen molar-refractivity contribution in [1.82, 2.24) is 10.2 Å². The molecule has 1 aromatic rings. The lowest BCUT2D eigenvalue weighted by Crippen LogP contribution is -2.38. The fourth-order valence-corrected chi connectivity index (χ4v) is 2.37. The summed E-state index contributed by atoms with van der Waals surface area (Å²) >= 11 is 0. The van der Waals surface area contributed by atoms with Crippen LogP contribution in [0.3, 0.4) is 0 Å². The number of benzene rings is 1. The first-order valence-electron chi connectivity index (χ1n) is 7.38. The van der Waals surface area contributed by atoms with Crippen LogP contribution in [0.1, 0.15) is 18.4 Å². The zero-order chi connectivity index (χ0) is 15.1. The van der Waals surface area contributed by atoms with Crippen LogP contribution in [0.2, 0.25) is 0 Å². The maximum Gasteiger partial charge on any atom is 0.236 e. The molecule has 5 heteroatoms. The molecule has 0 spiro atoms. The minimum absolute atomic E-state index is 0.0869. The molecule has 1 atom stereocenters. The van der Waals surface area contributed by atoms with E-state index in [1.807, 2.05) is 31.3 Å². The van der Waals surface area contributed by atoms with Gasteiger partial charge in [-0.3, -0.25) is 4.79 Å². The molecule has 1 aromatic carbocycles. The molecule has 0 aliphatic carbocycles. The molecule has 116 valence electrons. The largest absolute Gasteiger partial charge is 0.497 e. The summed E-state index contributed by atoms with van der Waals surface area (Å²) in [4.78, 5) is 13.8. The van der Waals surface area contributed by atoms with Gasteiger partial charge in [0.2, 0.25) is 5.91 Å². The maximum absolute atomic E-state index is 12.0. The number of carbonyl (C=O) groups excluding carboxylic acids is 1. The summed E-state index contributed by atoms with van der Waals surface area (Å²) in [6.45, 7) is 2.55. The van der Waals surface area contributed by atoms with Gasteiger partial charge in [0.15, 0.2) is 0 Å². The lowest BCUT2D eigenvalue weighted by Gasteiger charge is -2.18. The third-order valence-electron chi connectivity index (χ3n) is 3.68. The van der Waals surface area contributed by atoms with Gasteiger partial charge in [-0.1, -0.05) is 12.1 Å². The number of hydrogen-bond donors (Lipinski definition) is 1. The molecule has 1 aliphatic rings. The van der Waals surface area contributed by atoms with Gasteiger partial charge in [0, 0.05) is 26.7 Å². The molecule has 1 saturated heterocycles. The van der Waals surface area contributed by atoms with Crippen LogP contribution in [0.5, 0.6) is 5.75 Å². The van der Waals surface area contributed by atoms with Gasteiger partial charge in [-0.2, -0.15) is 0 Å². The molecule has 1 aliphatic heterocycles. The average molecular weight is 292 g/mol. The highest BCUT2D eigenvalue weighted by atomic mass is 16.5. The van der Waals surface area contributed by atoms with E-state index in [4.69, 9.17) is 9.47 Å². The highest BCUT2D eigenvalue weighted by molar-refractivity contribution is 5.77. The second-order valence-electron chi connectivity index (χ2n) is 5.36. The fraction of sp³-hybridized carbons (Fsp3) is 0.562. The third-order valence-corrected chi connectivity index (χ3v) is 3.68. The van der Waals surface area contributed by atoms with Gasteiger partial charge in [0.1, 0.15) is 5.75 Å². The number of rotatable bonds is 7. The molecule has 0 radical (unpaired) electrons. The summed E-state index contributed by atoms with van der Waals surface area (Å²) < 4.78 is 10.6. The normalized spacial score (nSPS) is 17.7. The number of nitrogens with one attached hydrogen (secondary N) is 1.